The van der Waals surface area contributed by atoms with Crippen molar-refractivity contribution in [2.75, 3.05) is 42.1 Å². The summed E-state index contributed by atoms with van der Waals surface area (Å²) >= 11 is 0. The van der Waals surface area contributed by atoms with E-state index in [1.807, 2.05) is 0 Å². The molecule has 1 fully saturated rings. The van der Waals surface area contributed by atoms with Gasteiger partial charge in [0.2, 0.25) is 10.0 Å². The van der Waals surface area contributed by atoms with Gasteiger partial charge in [-0.15, -0.1) is 12.4 Å². The molecule has 206 valence electrons. The summed E-state index contributed by atoms with van der Waals surface area (Å²) in [6.45, 7) is 3.04. The quantitative estimate of drug-likeness (QED) is 0.373. The number of rotatable bonds is 7. The number of sulfonamides is 2. The maximum absolute atomic E-state index is 13.3. The van der Waals surface area contributed by atoms with Gasteiger partial charge >= 0.3 is 0 Å². The molecule has 38 heavy (non-hydrogen) atoms. The smallest absolute Gasteiger partial charge is 0.261 e. The molecule has 3 aromatic carbocycles. The third kappa shape index (κ3) is 6.84. The molecule has 0 saturated carbocycles. The van der Waals surface area contributed by atoms with Gasteiger partial charge in [-0.05, 0) is 55.4 Å². The molecule has 0 aromatic heterocycles. The van der Waals surface area contributed by atoms with Crippen molar-refractivity contribution in [1.29, 1.82) is 0 Å². The van der Waals surface area contributed by atoms with E-state index < -0.39 is 29.9 Å². The predicted molar refractivity (Wildman–Crippen MR) is 151 cm³/mol. The second-order valence-electron chi connectivity index (χ2n) is 8.71. The number of halogens is 1. The van der Waals surface area contributed by atoms with Crippen molar-refractivity contribution < 1.29 is 25.3 Å². The monoisotopic (exact) mass is 600 g/mol. The van der Waals surface area contributed by atoms with Gasteiger partial charge in [0.05, 0.1) is 20.4 Å². The molecule has 0 atom stereocenters. The summed E-state index contributed by atoms with van der Waals surface area (Å²) in [4.78, 5) is 1.65. The standard InChI is InChI=1S/C24H28N4O6S3.ClH/c1-35(29,30)20-9-11-24(36(25,31)32)22(17-20)21-10-8-18(28-14-5-12-26-13-15-28)16-23(21)27-37(33,34)19-6-3-2-4-7-19;/h2-4,6-11,16-17,26-27H,5,12-15H2,1H3,(H2,25,31,32);1H. The summed E-state index contributed by atoms with van der Waals surface area (Å²) in [7, 11) is -12.1. The highest BCUT2D eigenvalue weighted by atomic mass is 35.5. The van der Waals surface area contributed by atoms with Crippen LogP contribution in [-0.2, 0) is 29.9 Å². The molecule has 14 heteroatoms. The van der Waals surface area contributed by atoms with Crippen LogP contribution in [0.5, 0.6) is 0 Å². The van der Waals surface area contributed by atoms with E-state index in [-0.39, 0.29) is 43.9 Å². The summed E-state index contributed by atoms with van der Waals surface area (Å²) in [5.41, 5.74) is 0.967. The van der Waals surface area contributed by atoms with Crippen molar-refractivity contribution in [3.63, 3.8) is 0 Å². The van der Waals surface area contributed by atoms with Gasteiger partial charge in [-0.1, -0.05) is 24.3 Å². The average Bonchev–Trinajstić information content (AvgIpc) is 3.13. The van der Waals surface area contributed by atoms with Gasteiger partial charge in [-0.3, -0.25) is 4.72 Å². The molecule has 0 amide bonds. The molecule has 0 radical (unpaired) electrons. The molecule has 0 bridgehead atoms. The highest BCUT2D eigenvalue weighted by Crippen LogP contribution is 2.38. The van der Waals surface area contributed by atoms with Crippen LogP contribution in [0.3, 0.4) is 0 Å². The fraction of sp³-hybridized carbons (Fsp3) is 0.250. The van der Waals surface area contributed by atoms with Crippen LogP contribution in [0.4, 0.5) is 11.4 Å². The van der Waals surface area contributed by atoms with E-state index in [9.17, 15) is 25.3 Å². The lowest BCUT2D eigenvalue weighted by molar-refractivity contribution is 0.595. The molecule has 3 aromatic rings. The van der Waals surface area contributed by atoms with Crippen LogP contribution in [0, 0.1) is 0 Å². The molecule has 1 heterocycles. The lowest BCUT2D eigenvalue weighted by atomic mass is 10.0. The molecule has 0 unspecified atom stereocenters. The van der Waals surface area contributed by atoms with E-state index in [1.165, 1.54) is 18.2 Å². The van der Waals surface area contributed by atoms with Crippen LogP contribution < -0.4 is 20.1 Å². The zero-order valence-corrected chi connectivity index (χ0v) is 23.8. The number of hydrogen-bond donors (Lipinski definition) is 3. The van der Waals surface area contributed by atoms with Crippen molar-refractivity contribution in [2.24, 2.45) is 5.14 Å². The molecule has 1 saturated heterocycles. The van der Waals surface area contributed by atoms with Crippen LogP contribution in [0.25, 0.3) is 11.1 Å². The summed E-state index contributed by atoms with van der Waals surface area (Å²) < 4.78 is 78.5. The minimum atomic E-state index is -4.28. The van der Waals surface area contributed by atoms with Crippen molar-refractivity contribution in [1.82, 2.24) is 5.32 Å². The minimum Gasteiger partial charge on any atom is -0.370 e. The first-order valence-corrected chi connectivity index (χ1v) is 16.3. The maximum Gasteiger partial charge on any atom is 0.261 e. The van der Waals surface area contributed by atoms with Crippen LogP contribution in [0.1, 0.15) is 6.42 Å². The van der Waals surface area contributed by atoms with Crippen molar-refractivity contribution in [3.05, 3.63) is 66.7 Å². The first kappa shape index (κ1) is 29.9. The number of anilines is 2. The summed E-state index contributed by atoms with van der Waals surface area (Å²) in [5, 5.41) is 8.77. The number of nitrogens with zero attached hydrogens (tertiary/aromatic N) is 1. The molecule has 10 nitrogen and oxygen atoms in total. The molecular formula is C24H29ClN4O6S3. The van der Waals surface area contributed by atoms with Gasteiger partial charge in [0.15, 0.2) is 9.84 Å². The number of primary sulfonamides is 1. The summed E-state index contributed by atoms with van der Waals surface area (Å²) in [6, 6.07) is 16.2. The third-order valence-corrected chi connectivity index (χ3v) is 9.44. The van der Waals surface area contributed by atoms with E-state index in [0.29, 0.717) is 6.54 Å². The Hall–Kier alpha value is -2.68. The number of benzene rings is 3. The largest absolute Gasteiger partial charge is 0.370 e. The van der Waals surface area contributed by atoms with Crippen molar-refractivity contribution in [2.45, 2.75) is 21.1 Å². The Morgan fingerprint density at radius 1 is 0.816 bits per heavy atom. The fourth-order valence-electron chi connectivity index (χ4n) is 4.15. The van der Waals surface area contributed by atoms with Crippen LogP contribution in [0.2, 0.25) is 0 Å². The predicted octanol–water partition coefficient (Wildman–Crippen LogP) is 2.43. The van der Waals surface area contributed by atoms with Crippen LogP contribution in [-0.4, -0.2) is 57.7 Å². The van der Waals surface area contributed by atoms with Crippen molar-refractivity contribution in [3.8, 4) is 11.1 Å². The van der Waals surface area contributed by atoms with E-state index in [0.717, 1.165) is 50.1 Å². The molecular weight excluding hydrogens is 572 g/mol. The lowest BCUT2D eigenvalue weighted by Gasteiger charge is -2.24. The first-order valence-electron chi connectivity index (χ1n) is 11.4. The number of hydrogen-bond acceptors (Lipinski definition) is 8. The van der Waals surface area contributed by atoms with Crippen LogP contribution in [0.15, 0.2) is 81.4 Å². The van der Waals surface area contributed by atoms with Gasteiger partial charge in [0, 0.05) is 42.7 Å². The number of nitrogens with one attached hydrogen (secondary N) is 2. The Kier molecular flexibility index (Phi) is 9.12. The van der Waals surface area contributed by atoms with Crippen LogP contribution >= 0.6 is 12.4 Å². The second-order valence-corrected chi connectivity index (χ2v) is 13.9. The Morgan fingerprint density at radius 3 is 2.18 bits per heavy atom. The van der Waals surface area contributed by atoms with E-state index in [4.69, 9.17) is 5.14 Å². The second kappa shape index (κ2) is 11.6. The number of nitrogens with two attached hydrogens (primary N) is 1. The van der Waals surface area contributed by atoms with E-state index >= 15 is 0 Å². The minimum absolute atomic E-state index is 0. The summed E-state index contributed by atoms with van der Waals surface area (Å²) in [5.74, 6) is 0. The molecule has 0 aliphatic carbocycles. The van der Waals surface area contributed by atoms with E-state index in [1.54, 1.807) is 36.4 Å². The molecule has 4 N–H and O–H groups in total. The first-order chi connectivity index (χ1) is 17.4. The highest BCUT2D eigenvalue weighted by Gasteiger charge is 2.24. The average molecular weight is 601 g/mol. The Morgan fingerprint density at radius 2 is 1.53 bits per heavy atom. The zero-order valence-electron chi connectivity index (χ0n) is 20.5. The topological polar surface area (TPSA) is 156 Å². The van der Waals surface area contributed by atoms with Gasteiger partial charge < -0.3 is 10.2 Å². The van der Waals surface area contributed by atoms with Gasteiger partial charge in [0.25, 0.3) is 10.0 Å². The Labute approximate surface area is 229 Å². The SMILES string of the molecule is CS(=O)(=O)c1ccc(S(N)(=O)=O)c(-c2ccc(N3CCCNCC3)cc2NS(=O)(=O)c2ccccc2)c1.Cl. The normalized spacial score (nSPS) is 14.8. The maximum atomic E-state index is 13.3. The molecule has 0 spiro atoms. The zero-order chi connectivity index (χ0) is 26.8. The van der Waals surface area contributed by atoms with Gasteiger partial charge in [0.1, 0.15) is 0 Å². The van der Waals surface area contributed by atoms with Gasteiger partial charge in [-0.2, -0.15) is 0 Å². The van der Waals surface area contributed by atoms with Crippen molar-refractivity contribution >= 4 is 53.7 Å². The molecule has 4 rings (SSSR count). The fourth-order valence-corrected chi connectivity index (χ4v) is 6.63. The Balaban J connectivity index is 0.00000400. The molecule has 1 aliphatic heterocycles. The van der Waals surface area contributed by atoms with E-state index in [2.05, 4.69) is 14.9 Å². The third-order valence-electron chi connectivity index (χ3n) is 5.98. The van der Waals surface area contributed by atoms with Gasteiger partial charge in [-0.25, -0.2) is 30.4 Å². The highest BCUT2D eigenvalue weighted by molar-refractivity contribution is 7.92. The number of sulfone groups is 1. The Bertz CT molecular complexity index is 1620. The molecule has 1 aliphatic rings. The summed E-state index contributed by atoms with van der Waals surface area (Å²) in [6.07, 6.45) is 1.89. The lowest BCUT2D eigenvalue weighted by Crippen LogP contribution is -2.28.